The van der Waals surface area contributed by atoms with Crippen molar-refractivity contribution < 1.29 is 12.8 Å². The molecule has 0 aliphatic carbocycles. The monoisotopic (exact) mass is 283 g/mol. The molecule has 7 heteroatoms. The summed E-state index contributed by atoms with van der Waals surface area (Å²) in [6, 6.07) is 6.07. The smallest absolute Gasteiger partial charge is 0.232 e. The summed E-state index contributed by atoms with van der Waals surface area (Å²) in [7, 11) is -3.29. The molecule has 0 spiro atoms. The first-order chi connectivity index (χ1) is 8.98. The van der Waals surface area contributed by atoms with Gasteiger partial charge >= 0.3 is 0 Å². The quantitative estimate of drug-likeness (QED) is 0.910. The first-order valence-electron chi connectivity index (χ1n) is 5.76. The van der Waals surface area contributed by atoms with Gasteiger partial charge in [0.1, 0.15) is 5.82 Å². The Morgan fingerprint density at radius 3 is 2.63 bits per heavy atom. The van der Waals surface area contributed by atoms with Gasteiger partial charge in [-0.3, -0.25) is 9.40 Å². The maximum Gasteiger partial charge on any atom is 0.232 e. The van der Waals surface area contributed by atoms with Gasteiger partial charge in [-0.05, 0) is 24.6 Å². The number of hydrogen-bond donors (Lipinski definition) is 1. The van der Waals surface area contributed by atoms with E-state index in [4.69, 9.17) is 0 Å². The van der Waals surface area contributed by atoms with Crippen LogP contribution >= 0.6 is 0 Å². The molecule has 0 aliphatic rings. The molecule has 1 aromatic heterocycles. The van der Waals surface area contributed by atoms with Gasteiger partial charge in [-0.25, -0.2) is 12.8 Å². The lowest BCUT2D eigenvalue weighted by molar-refractivity contribution is 0.602. The van der Waals surface area contributed by atoms with Crippen molar-refractivity contribution in [2.45, 2.75) is 13.5 Å². The van der Waals surface area contributed by atoms with Crippen LogP contribution in [-0.2, 0) is 16.6 Å². The lowest BCUT2D eigenvalue weighted by atomic mass is 10.2. The summed E-state index contributed by atoms with van der Waals surface area (Å²) >= 11 is 0. The number of halogens is 1. The second-order valence-corrected chi connectivity index (χ2v) is 6.07. The molecule has 1 N–H and O–H groups in total. The molecule has 0 atom stereocenters. The van der Waals surface area contributed by atoms with E-state index < -0.39 is 10.0 Å². The minimum Gasteiger partial charge on any atom is -0.280 e. The summed E-state index contributed by atoms with van der Waals surface area (Å²) in [5.74, 6) is -0.281. The fraction of sp³-hybridized carbons (Fsp3) is 0.250. The predicted octanol–water partition coefficient (Wildman–Crippen LogP) is 1.83. The Bertz CT molecular complexity index is 650. The van der Waals surface area contributed by atoms with E-state index in [1.807, 2.05) is 0 Å². The van der Waals surface area contributed by atoms with Gasteiger partial charge < -0.3 is 0 Å². The predicted molar refractivity (Wildman–Crippen MR) is 70.8 cm³/mol. The van der Waals surface area contributed by atoms with Gasteiger partial charge in [-0.1, -0.05) is 12.1 Å². The van der Waals surface area contributed by atoms with Crippen molar-refractivity contribution in [3.8, 4) is 0 Å². The van der Waals surface area contributed by atoms with E-state index in [0.717, 1.165) is 5.56 Å². The highest BCUT2D eigenvalue weighted by Crippen LogP contribution is 2.10. The Morgan fingerprint density at radius 1 is 1.32 bits per heavy atom. The molecule has 0 unspecified atom stereocenters. The molecular weight excluding hydrogens is 269 g/mol. The highest BCUT2D eigenvalue weighted by Gasteiger charge is 2.08. The third-order valence-corrected chi connectivity index (χ3v) is 3.85. The number of rotatable bonds is 5. The van der Waals surface area contributed by atoms with Crippen molar-refractivity contribution in [2.75, 3.05) is 10.5 Å². The van der Waals surface area contributed by atoms with Crippen molar-refractivity contribution in [3.05, 3.63) is 48.0 Å². The van der Waals surface area contributed by atoms with Crippen LogP contribution in [-0.4, -0.2) is 24.0 Å². The van der Waals surface area contributed by atoms with Gasteiger partial charge in [0.25, 0.3) is 0 Å². The molecule has 2 rings (SSSR count). The number of sulfonamides is 1. The molecule has 0 fully saturated rings. The Kier molecular flexibility index (Phi) is 3.84. The largest absolute Gasteiger partial charge is 0.280 e. The fourth-order valence-electron chi connectivity index (χ4n) is 1.53. The fourth-order valence-corrected chi connectivity index (χ4v) is 2.14. The van der Waals surface area contributed by atoms with Gasteiger partial charge in [-0.15, -0.1) is 0 Å². The lowest BCUT2D eigenvalue weighted by Crippen LogP contribution is -2.14. The zero-order chi connectivity index (χ0) is 13.9. The van der Waals surface area contributed by atoms with Crippen LogP contribution in [0.2, 0.25) is 0 Å². The van der Waals surface area contributed by atoms with Crippen molar-refractivity contribution >= 4 is 15.7 Å². The van der Waals surface area contributed by atoms with E-state index in [0.29, 0.717) is 12.2 Å². The minimum atomic E-state index is -3.29. The molecule has 0 saturated carbocycles. The number of nitrogens with zero attached hydrogens (tertiary/aromatic N) is 2. The summed E-state index contributed by atoms with van der Waals surface area (Å²) in [6.07, 6.45) is 3.04. The summed E-state index contributed by atoms with van der Waals surface area (Å²) < 4.78 is 39.5. The Hall–Kier alpha value is -1.89. The minimum absolute atomic E-state index is 0.0101. The number of aromatic nitrogens is 2. The number of hydrogen-bond acceptors (Lipinski definition) is 3. The van der Waals surface area contributed by atoms with Crippen molar-refractivity contribution in [2.24, 2.45) is 0 Å². The molecule has 1 aromatic carbocycles. The summed E-state index contributed by atoms with van der Waals surface area (Å²) in [5, 5.41) is 4.05. The normalized spacial score (nSPS) is 11.5. The van der Waals surface area contributed by atoms with Crippen LogP contribution in [0.4, 0.5) is 10.1 Å². The van der Waals surface area contributed by atoms with Gasteiger partial charge in [-0.2, -0.15) is 5.10 Å². The molecule has 0 aliphatic heterocycles. The molecule has 0 saturated heterocycles. The van der Waals surface area contributed by atoms with E-state index in [9.17, 15) is 12.8 Å². The van der Waals surface area contributed by atoms with Crippen molar-refractivity contribution in [1.82, 2.24) is 9.78 Å². The van der Waals surface area contributed by atoms with Crippen LogP contribution in [0.15, 0.2) is 36.7 Å². The SMILES string of the molecule is CCS(=O)(=O)Nc1cnn(Cc2ccc(F)cc2)c1. The number of nitrogens with one attached hydrogen (secondary N) is 1. The Labute approximate surface area is 111 Å². The van der Waals surface area contributed by atoms with Crippen molar-refractivity contribution in [1.29, 1.82) is 0 Å². The highest BCUT2D eigenvalue weighted by molar-refractivity contribution is 7.92. The van der Waals surface area contributed by atoms with Gasteiger partial charge in [0.2, 0.25) is 10.0 Å². The average Bonchev–Trinajstić information content (AvgIpc) is 2.79. The summed E-state index contributed by atoms with van der Waals surface area (Å²) in [6.45, 7) is 2.01. The van der Waals surface area contributed by atoms with Crippen molar-refractivity contribution in [3.63, 3.8) is 0 Å². The Balaban J connectivity index is 2.07. The molecule has 19 heavy (non-hydrogen) atoms. The molecule has 0 radical (unpaired) electrons. The topological polar surface area (TPSA) is 64.0 Å². The summed E-state index contributed by atoms with van der Waals surface area (Å²) in [5.41, 5.74) is 1.30. The Morgan fingerprint density at radius 2 is 2.00 bits per heavy atom. The first-order valence-corrected chi connectivity index (χ1v) is 7.41. The van der Waals surface area contributed by atoms with Crippen LogP contribution in [0.25, 0.3) is 0 Å². The second-order valence-electron chi connectivity index (χ2n) is 4.06. The highest BCUT2D eigenvalue weighted by atomic mass is 32.2. The van der Waals surface area contributed by atoms with Crippen LogP contribution < -0.4 is 4.72 Å². The number of benzene rings is 1. The molecule has 1 heterocycles. The van der Waals surface area contributed by atoms with E-state index in [1.165, 1.54) is 18.3 Å². The van der Waals surface area contributed by atoms with Crippen LogP contribution in [0.3, 0.4) is 0 Å². The summed E-state index contributed by atoms with van der Waals surface area (Å²) in [4.78, 5) is 0. The molecular formula is C12H14FN3O2S. The van der Waals surface area contributed by atoms with Gasteiger partial charge in [0.05, 0.1) is 24.2 Å². The molecule has 102 valence electrons. The zero-order valence-electron chi connectivity index (χ0n) is 10.4. The zero-order valence-corrected chi connectivity index (χ0v) is 11.2. The second kappa shape index (κ2) is 5.40. The van der Waals surface area contributed by atoms with Gasteiger partial charge in [0.15, 0.2) is 0 Å². The van der Waals surface area contributed by atoms with E-state index in [2.05, 4.69) is 9.82 Å². The van der Waals surface area contributed by atoms with Crippen LogP contribution in [0.1, 0.15) is 12.5 Å². The average molecular weight is 283 g/mol. The number of anilines is 1. The molecule has 0 bridgehead atoms. The van der Waals surface area contributed by atoms with E-state index in [-0.39, 0.29) is 11.6 Å². The first kappa shape index (κ1) is 13.5. The third kappa shape index (κ3) is 3.78. The molecule has 0 amide bonds. The molecule has 5 nitrogen and oxygen atoms in total. The maximum atomic E-state index is 12.8. The third-order valence-electron chi connectivity index (χ3n) is 2.54. The maximum absolute atomic E-state index is 12.8. The van der Waals surface area contributed by atoms with E-state index >= 15 is 0 Å². The standard InChI is InChI=1S/C12H14FN3O2S/c1-2-19(17,18)15-12-7-14-16(9-12)8-10-3-5-11(13)6-4-10/h3-7,9,15H,2,8H2,1H3. The van der Waals surface area contributed by atoms with Gasteiger partial charge in [0, 0.05) is 6.20 Å². The lowest BCUT2D eigenvalue weighted by Gasteiger charge is -2.02. The van der Waals surface area contributed by atoms with Crippen LogP contribution in [0.5, 0.6) is 0 Å². The van der Waals surface area contributed by atoms with Crippen LogP contribution in [0, 0.1) is 5.82 Å². The van der Waals surface area contributed by atoms with E-state index in [1.54, 1.807) is 29.9 Å². The molecule has 2 aromatic rings.